The number of esters is 1. The van der Waals surface area contributed by atoms with Crippen LogP contribution in [0.2, 0.25) is 0 Å². The van der Waals surface area contributed by atoms with Crippen LogP contribution < -0.4 is 0 Å². The van der Waals surface area contributed by atoms with Crippen LogP contribution in [0.5, 0.6) is 0 Å². The molecule has 0 saturated carbocycles. The van der Waals surface area contributed by atoms with E-state index in [2.05, 4.69) is 0 Å². The molecule has 3 heterocycles. The second kappa shape index (κ2) is 8.37. The molecule has 2 N–H and O–H groups in total. The summed E-state index contributed by atoms with van der Waals surface area (Å²) in [7, 11) is -4.11. The van der Waals surface area contributed by atoms with Gasteiger partial charge in [0.25, 0.3) is 5.91 Å². The predicted molar refractivity (Wildman–Crippen MR) is 115 cm³/mol. The molecule has 0 aliphatic carbocycles. The van der Waals surface area contributed by atoms with E-state index in [0.29, 0.717) is 18.4 Å². The molecule has 11 heteroatoms. The first-order chi connectivity index (χ1) is 15.5. The topological polar surface area (TPSA) is 142 Å². The van der Waals surface area contributed by atoms with Gasteiger partial charge in [0.15, 0.2) is 9.84 Å². The van der Waals surface area contributed by atoms with E-state index >= 15 is 0 Å². The molecule has 3 fully saturated rings. The fourth-order valence-electron chi connectivity index (χ4n) is 4.85. The number of hydrogen-bond acceptors (Lipinski definition) is 8. The average molecular weight is 481 g/mol. The molecule has 180 valence electrons. The Morgan fingerprint density at radius 3 is 2.39 bits per heavy atom. The predicted octanol–water partition coefficient (Wildman–Crippen LogP) is -0.566. The van der Waals surface area contributed by atoms with Crippen LogP contribution in [0.1, 0.15) is 32.3 Å². The van der Waals surface area contributed by atoms with Gasteiger partial charge < -0.3 is 24.7 Å². The van der Waals surface area contributed by atoms with Gasteiger partial charge in [-0.3, -0.25) is 9.59 Å². The Hall–Kier alpha value is -2.50. The maximum atomic E-state index is 13.3. The second-order valence-electron chi connectivity index (χ2n) is 9.31. The molecule has 0 radical (unpaired) electrons. The Labute approximate surface area is 192 Å². The van der Waals surface area contributed by atoms with E-state index in [4.69, 9.17) is 4.74 Å². The van der Waals surface area contributed by atoms with Crippen LogP contribution in [0.4, 0.5) is 0 Å². The summed E-state index contributed by atoms with van der Waals surface area (Å²) in [6.45, 7) is 3.03. The quantitative estimate of drug-likeness (QED) is 0.422. The van der Waals surface area contributed by atoms with E-state index in [1.54, 1.807) is 30.3 Å². The molecule has 3 aliphatic rings. The van der Waals surface area contributed by atoms with Crippen molar-refractivity contribution in [3.63, 3.8) is 0 Å². The number of piperidine rings is 1. The van der Waals surface area contributed by atoms with Crippen molar-refractivity contribution < 1.29 is 37.8 Å². The highest BCUT2D eigenvalue weighted by molar-refractivity contribution is 7.93. The minimum atomic E-state index is -4.11. The van der Waals surface area contributed by atoms with E-state index in [-0.39, 0.29) is 19.7 Å². The van der Waals surface area contributed by atoms with Crippen LogP contribution in [0.25, 0.3) is 0 Å². The minimum absolute atomic E-state index is 0.0790. The Morgan fingerprint density at radius 1 is 1.18 bits per heavy atom. The Balaban J connectivity index is 1.53. The van der Waals surface area contributed by atoms with E-state index in [1.165, 1.54) is 18.7 Å². The number of aliphatic hydroxyl groups excluding tert-OH is 2. The van der Waals surface area contributed by atoms with Gasteiger partial charge in [0.1, 0.15) is 30.0 Å². The average Bonchev–Trinajstić information content (AvgIpc) is 2.92. The number of benzene rings is 1. The lowest BCUT2D eigenvalue weighted by atomic mass is 9.87. The number of rotatable bonds is 5. The number of sulfone groups is 1. The third-order valence-corrected chi connectivity index (χ3v) is 9.77. The zero-order valence-electron chi connectivity index (χ0n) is 18.5. The summed E-state index contributed by atoms with van der Waals surface area (Å²) in [5.74, 6) is -3.86. The molecule has 33 heavy (non-hydrogen) atoms. The van der Waals surface area contributed by atoms with Gasteiger partial charge in [-0.15, -0.1) is 0 Å². The fraction of sp³-hybridized carbons (Fsp3) is 0.591. The van der Waals surface area contributed by atoms with Crippen LogP contribution in [0.3, 0.4) is 0 Å². The molecule has 3 saturated heterocycles. The maximum absolute atomic E-state index is 13.3. The maximum Gasteiger partial charge on any atom is 0.330 e. The number of ether oxygens (including phenoxy) is 1. The highest BCUT2D eigenvalue weighted by atomic mass is 32.2. The summed E-state index contributed by atoms with van der Waals surface area (Å²) in [6, 6.07) is 7.47. The minimum Gasteiger partial charge on any atom is -0.459 e. The van der Waals surface area contributed by atoms with Crippen molar-refractivity contribution in [3.05, 3.63) is 35.9 Å². The molecule has 0 aromatic heterocycles. The van der Waals surface area contributed by atoms with E-state index in [0.717, 1.165) is 4.90 Å². The number of fused-ring (bicyclic) bond motifs is 1. The van der Waals surface area contributed by atoms with E-state index < -0.39 is 61.9 Å². The van der Waals surface area contributed by atoms with Gasteiger partial charge >= 0.3 is 5.97 Å². The normalized spacial score (nSPS) is 29.2. The summed E-state index contributed by atoms with van der Waals surface area (Å²) in [5.41, 5.74) is 0.710. The van der Waals surface area contributed by atoms with Crippen LogP contribution >= 0.6 is 0 Å². The molecule has 0 bridgehead atoms. The van der Waals surface area contributed by atoms with Crippen LogP contribution in [0.15, 0.2) is 30.3 Å². The van der Waals surface area contributed by atoms with Crippen molar-refractivity contribution in [1.29, 1.82) is 0 Å². The summed E-state index contributed by atoms with van der Waals surface area (Å²) in [4.78, 5) is 40.9. The van der Waals surface area contributed by atoms with E-state index in [9.17, 15) is 33.0 Å². The third-order valence-electron chi connectivity index (χ3n) is 6.93. The first-order valence-corrected chi connectivity index (χ1v) is 12.4. The number of likely N-dealkylation sites (tertiary alicyclic amines) is 1. The molecule has 0 unspecified atom stereocenters. The summed E-state index contributed by atoms with van der Waals surface area (Å²) in [5, 5.41) is 18.8. The highest BCUT2D eigenvalue weighted by Gasteiger charge is 2.74. The highest BCUT2D eigenvalue weighted by Crippen LogP contribution is 2.50. The molecule has 1 aromatic carbocycles. The number of carbonyl (C=O) groups excluding carboxylic acids is 3. The van der Waals surface area contributed by atoms with Crippen molar-refractivity contribution in [3.8, 4) is 0 Å². The summed E-state index contributed by atoms with van der Waals surface area (Å²) >= 11 is 0. The monoisotopic (exact) mass is 480 g/mol. The van der Waals surface area contributed by atoms with E-state index in [1.807, 2.05) is 0 Å². The second-order valence-corrected chi connectivity index (χ2v) is 11.9. The Bertz CT molecular complexity index is 1050. The third kappa shape index (κ3) is 3.71. The number of amides is 2. The van der Waals surface area contributed by atoms with Crippen molar-refractivity contribution in [2.75, 3.05) is 13.1 Å². The molecule has 4 atom stereocenters. The van der Waals surface area contributed by atoms with Gasteiger partial charge in [-0.05, 0) is 32.3 Å². The van der Waals surface area contributed by atoms with Crippen LogP contribution in [0, 0.1) is 5.92 Å². The molecular formula is C22H28N2O8S. The number of aliphatic hydroxyl groups is 2. The first kappa shape index (κ1) is 23.7. The number of nitrogens with zero attached hydrogens (tertiary/aromatic N) is 2. The Morgan fingerprint density at radius 2 is 1.79 bits per heavy atom. The SMILES string of the molecule is CC1(C)[C@H](C(=O)OCc2ccccc2)N2C(=O)[C@@H]([C@H](O)C(=O)N3CCC(O)CC3)[C@H]2S1(=O)=O. The van der Waals surface area contributed by atoms with Gasteiger partial charge in [0.2, 0.25) is 5.91 Å². The lowest BCUT2D eigenvalue weighted by Gasteiger charge is -2.45. The summed E-state index contributed by atoms with van der Waals surface area (Å²) in [6.07, 6.45) is -1.70. The lowest BCUT2D eigenvalue weighted by Crippen LogP contribution is -2.68. The number of β-lactam (4-membered cyclic amide) rings is 1. The lowest BCUT2D eigenvalue weighted by molar-refractivity contribution is -0.176. The van der Waals surface area contributed by atoms with Crippen molar-refractivity contribution >= 4 is 27.6 Å². The first-order valence-electron chi connectivity index (χ1n) is 10.9. The van der Waals surface area contributed by atoms with Crippen molar-refractivity contribution in [2.45, 2.75) is 61.7 Å². The zero-order chi connectivity index (χ0) is 24.1. The number of carbonyl (C=O) groups is 3. The summed E-state index contributed by atoms with van der Waals surface area (Å²) < 4.78 is 30.3. The fourth-order valence-corrected chi connectivity index (χ4v) is 7.17. The largest absolute Gasteiger partial charge is 0.459 e. The molecule has 2 amide bonds. The van der Waals surface area contributed by atoms with Gasteiger partial charge in [-0.2, -0.15) is 0 Å². The standard InChI is InChI=1S/C22H28N2O8S/c1-22(2)17(21(29)32-12-13-6-4-3-5-7-13)24-18(27)15(20(24)33(22,30)31)16(26)19(28)23-10-8-14(25)9-11-23/h3-7,14-17,20,25-26H,8-12H2,1-2H3/t15-,16+,17+,20-/m1/s1. The molecule has 0 spiro atoms. The van der Waals surface area contributed by atoms with Crippen LogP contribution in [-0.4, -0.2) is 87.7 Å². The number of hydrogen-bond donors (Lipinski definition) is 2. The zero-order valence-corrected chi connectivity index (χ0v) is 19.3. The molecule has 3 aliphatic heterocycles. The van der Waals surface area contributed by atoms with Gasteiger partial charge in [-0.25, -0.2) is 13.2 Å². The Kier molecular flexibility index (Phi) is 6.00. The van der Waals surface area contributed by atoms with Gasteiger partial charge in [0, 0.05) is 13.1 Å². The van der Waals surface area contributed by atoms with Crippen molar-refractivity contribution in [2.24, 2.45) is 5.92 Å². The van der Waals surface area contributed by atoms with Gasteiger partial charge in [0.05, 0.1) is 10.9 Å². The smallest absolute Gasteiger partial charge is 0.330 e. The molecule has 10 nitrogen and oxygen atoms in total. The molecule has 1 aromatic rings. The van der Waals surface area contributed by atoms with Crippen LogP contribution in [-0.2, 0) is 35.6 Å². The van der Waals surface area contributed by atoms with Gasteiger partial charge in [-0.1, -0.05) is 30.3 Å². The molecule has 4 rings (SSSR count). The molecular weight excluding hydrogens is 452 g/mol. The van der Waals surface area contributed by atoms with Crippen molar-refractivity contribution in [1.82, 2.24) is 9.80 Å².